The van der Waals surface area contributed by atoms with Crippen LogP contribution >= 0.6 is 0 Å². The third kappa shape index (κ3) is 3.15. The zero-order valence-corrected chi connectivity index (χ0v) is 10.8. The van der Waals surface area contributed by atoms with E-state index in [1.54, 1.807) is 0 Å². The van der Waals surface area contributed by atoms with Crippen LogP contribution in [0.25, 0.3) is 0 Å². The molecule has 100 valence electrons. The smallest absolute Gasteiger partial charge is 0.244 e. The Hall–Kier alpha value is -1.71. The van der Waals surface area contributed by atoms with Gasteiger partial charge in [-0.15, -0.1) is 0 Å². The second-order valence-corrected chi connectivity index (χ2v) is 5.16. The number of likely N-dealkylation sites (N-methyl/N-ethyl adjacent to an activating group) is 1. The Kier molecular flexibility index (Phi) is 4.59. The summed E-state index contributed by atoms with van der Waals surface area (Å²) in [5.74, 6) is 4.77. The molecule has 1 amide bonds. The van der Waals surface area contributed by atoms with E-state index in [0.717, 1.165) is 6.20 Å². The Morgan fingerprint density at radius 1 is 1.50 bits per heavy atom. The third-order valence-corrected chi connectivity index (χ3v) is 3.77. The number of hydrazine groups is 1. The third-order valence-electron chi connectivity index (χ3n) is 2.20. The van der Waals surface area contributed by atoms with Gasteiger partial charge in [0.2, 0.25) is 15.9 Å². The molecule has 0 aliphatic rings. The summed E-state index contributed by atoms with van der Waals surface area (Å²) in [5.41, 5.74) is 2.45. The summed E-state index contributed by atoms with van der Waals surface area (Å²) in [6.45, 7) is 1.43. The van der Waals surface area contributed by atoms with Gasteiger partial charge in [-0.25, -0.2) is 8.42 Å². The quantitative estimate of drug-likeness (QED) is 0.393. The fourth-order valence-electron chi connectivity index (χ4n) is 1.28. The zero-order valence-electron chi connectivity index (χ0n) is 9.97. The van der Waals surface area contributed by atoms with E-state index in [2.05, 4.69) is 20.4 Å². The van der Waals surface area contributed by atoms with Crippen molar-refractivity contribution in [2.75, 3.05) is 12.5 Å². The Labute approximate surface area is 105 Å². The van der Waals surface area contributed by atoms with Crippen molar-refractivity contribution in [3.63, 3.8) is 0 Å². The maximum absolute atomic E-state index is 12.0. The second-order valence-electron chi connectivity index (χ2n) is 3.47. The van der Waals surface area contributed by atoms with Crippen LogP contribution in [-0.2, 0) is 14.8 Å². The van der Waals surface area contributed by atoms with Crippen LogP contribution in [0.1, 0.15) is 6.92 Å². The summed E-state index contributed by atoms with van der Waals surface area (Å²) in [5, 5.41) is 2.35. The number of sulfonamides is 1. The second kappa shape index (κ2) is 5.76. The van der Waals surface area contributed by atoms with Crippen LogP contribution in [0.2, 0.25) is 0 Å². The Morgan fingerprint density at radius 3 is 2.72 bits per heavy atom. The van der Waals surface area contributed by atoms with Crippen molar-refractivity contribution in [2.45, 2.75) is 17.9 Å². The maximum atomic E-state index is 12.0. The van der Waals surface area contributed by atoms with E-state index >= 15 is 0 Å². The fraction of sp³-hybridized carbons (Fsp3) is 0.333. The number of carbonyl (C=O) groups excluding carboxylic acids is 1. The van der Waals surface area contributed by atoms with Crippen molar-refractivity contribution in [3.8, 4) is 0 Å². The highest BCUT2D eigenvalue weighted by molar-refractivity contribution is 7.89. The summed E-state index contributed by atoms with van der Waals surface area (Å²) >= 11 is 0. The number of hydrogen-bond donors (Lipinski definition) is 4. The SMILES string of the molecule is CNC(=O)C(C)NS(=O)(=O)c1cnccc1NN. The minimum absolute atomic E-state index is 0.122. The van der Waals surface area contributed by atoms with Crippen LogP contribution in [0.4, 0.5) is 5.69 Å². The highest BCUT2D eigenvalue weighted by Crippen LogP contribution is 2.18. The van der Waals surface area contributed by atoms with Gasteiger partial charge in [0.25, 0.3) is 0 Å². The van der Waals surface area contributed by atoms with Crippen molar-refractivity contribution in [2.24, 2.45) is 5.84 Å². The Morgan fingerprint density at radius 2 is 2.17 bits per heavy atom. The Bertz CT molecular complexity index is 531. The average molecular weight is 273 g/mol. The number of hydrogen-bond acceptors (Lipinski definition) is 6. The van der Waals surface area contributed by atoms with Gasteiger partial charge >= 0.3 is 0 Å². The largest absolute Gasteiger partial charge is 0.358 e. The molecule has 1 aromatic heterocycles. The number of carbonyl (C=O) groups is 1. The molecule has 0 aromatic carbocycles. The van der Waals surface area contributed by atoms with Gasteiger partial charge in [-0.05, 0) is 13.0 Å². The number of anilines is 1. The normalized spacial score (nSPS) is 12.8. The van der Waals surface area contributed by atoms with Crippen molar-refractivity contribution in [3.05, 3.63) is 18.5 Å². The zero-order chi connectivity index (χ0) is 13.8. The molecule has 0 aliphatic heterocycles. The lowest BCUT2D eigenvalue weighted by atomic mass is 10.3. The highest BCUT2D eigenvalue weighted by atomic mass is 32.2. The number of amides is 1. The molecule has 0 bridgehead atoms. The van der Waals surface area contributed by atoms with Crippen molar-refractivity contribution in [1.82, 2.24) is 15.0 Å². The summed E-state index contributed by atoms with van der Waals surface area (Å²) in [7, 11) is -2.45. The van der Waals surface area contributed by atoms with Crippen LogP contribution in [0.3, 0.4) is 0 Å². The van der Waals surface area contributed by atoms with Gasteiger partial charge in [-0.3, -0.25) is 15.6 Å². The van der Waals surface area contributed by atoms with E-state index in [1.165, 1.54) is 26.2 Å². The molecule has 0 spiro atoms. The predicted molar refractivity (Wildman–Crippen MR) is 65.9 cm³/mol. The van der Waals surface area contributed by atoms with Gasteiger partial charge in [0, 0.05) is 19.4 Å². The summed E-state index contributed by atoms with van der Waals surface area (Å²) in [6, 6.07) is 0.518. The predicted octanol–water partition coefficient (Wildman–Crippen LogP) is -1.22. The molecule has 0 aliphatic carbocycles. The molecule has 5 N–H and O–H groups in total. The van der Waals surface area contributed by atoms with Crippen LogP contribution in [0.15, 0.2) is 23.4 Å². The van der Waals surface area contributed by atoms with E-state index in [4.69, 9.17) is 5.84 Å². The number of pyridine rings is 1. The van der Waals surface area contributed by atoms with Gasteiger partial charge in [0.15, 0.2) is 0 Å². The van der Waals surface area contributed by atoms with Crippen LogP contribution in [0.5, 0.6) is 0 Å². The molecule has 1 rings (SSSR count). The number of nitrogens with zero attached hydrogens (tertiary/aromatic N) is 1. The van der Waals surface area contributed by atoms with Gasteiger partial charge in [0.1, 0.15) is 4.90 Å². The summed E-state index contributed by atoms with van der Waals surface area (Å²) in [4.78, 5) is 14.9. The van der Waals surface area contributed by atoms with Crippen molar-refractivity contribution >= 4 is 21.6 Å². The molecule has 0 saturated carbocycles. The molecule has 1 unspecified atom stereocenters. The van der Waals surface area contributed by atoms with E-state index in [1.807, 2.05) is 0 Å². The molecule has 1 aromatic rings. The minimum atomic E-state index is -3.87. The maximum Gasteiger partial charge on any atom is 0.244 e. The van der Waals surface area contributed by atoms with Crippen LogP contribution in [0, 0.1) is 0 Å². The standard InChI is InChI=1S/C9H15N5O3S/c1-6(9(15)11-2)14-18(16,17)8-5-12-4-3-7(8)13-10/h3-6,14H,10H2,1-2H3,(H,11,15)(H,12,13). The lowest BCUT2D eigenvalue weighted by Crippen LogP contribution is -2.43. The van der Waals surface area contributed by atoms with Gasteiger partial charge in [-0.1, -0.05) is 0 Å². The lowest BCUT2D eigenvalue weighted by Gasteiger charge is -2.14. The Balaban J connectivity index is 3.03. The lowest BCUT2D eigenvalue weighted by molar-refractivity contribution is -0.121. The highest BCUT2D eigenvalue weighted by Gasteiger charge is 2.23. The molecule has 0 radical (unpaired) electrons. The minimum Gasteiger partial charge on any atom is -0.358 e. The first-order valence-electron chi connectivity index (χ1n) is 5.07. The van der Waals surface area contributed by atoms with Gasteiger partial charge in [0.05, 0.1) is 11.7 Å². The molecule has 18 heavy (non-hydrogen) atoms. The number of nitrogen functional groups attached to an aromatic ring is 1. The van der Waals surface area contributed by atoms with Gasteiger partial charge < -0.3 is 10.7 Å². The first kappa shape index (κ1) is 14.4. The molecule has 0 fully saturated rings. The van der Waals surface area contributed by atoms with Crippen molar-refractivity contribution in [1.29, 1.82) is 0 Å². The molecular formula is C9H15N5O3S. The summed E-state index contributed by atoms with van der Waals surface area (Å²) < 4.78 is 26.3. The number of aromatic nitrogens is 1. The fourth-order valence-corrected chi connectivity index (χ4v) is 2.60. The molecule has 1 atom stereocenters. The molecule has 1 heterocycles. The van der Waals surface area contributed by atoms with E-state index in [-0.39, 0.29) is 10.6 Å². The number of rotatable bonds is 5. The molecule has 9 heteroatoms. The first-order valence-corrected chi connectivity index (χ1v) is 6.55. The molecule has 0 saturated heterocycles. The van der Waals surface area contributed by atoms with Crippen molar-refractivity contribution < 1.29 is 13.2 Å². The monoisotopic (exact) mass is 273 g/mol. The van der Waals surface area contributed by atoms with E-state index < -0.39 is 22.0 Å². The van der Waals surface area contributed by atoms with E-state index in [0.29, 0.717) is 0 Å². The first-order chi connectivity index (χ1) is 8.42. The number of nitrogens with one attached hydrogen (secondary N) is 3. The summed E-state index contributed by atoms with van der Waals surface area (Å²) in [6.07, 6.45) is 2.55. The van der Waals surface area contributed by atoms with Crippen LogP contribution in [-0.4, -0.2) is 32.4 Å². The number of nitrogens with two attached hydrogens (primary N) is 1. The van der Waals surface area contributed by atoms with E-state index in [9.17, 15) is 13.2 Å². The van der Waals surface area contributed by atoms with Gasteiger partial charge in [-0.2, -0.15) is 4.72 Å². The molecule has 8 nitrogen and oxygen atoms in total. The average Bonchev–Trinajstić information content (AvgIpc) is 2.37. The van der Waals surface area contributed by atoms with Crippen LogP contribution < -0.4 is 21.3 Å². The topological polar surface area (TPSA) is 126 Å². The molecular weight excluding hydrogens is 258 g/mol.